The molecule has 1 aromatic heterocycles. The number of nitrogens with one attached hydrogen (secondary N) is 1. The van der Waals surface area contributed by atoms with Gasteiger partial charge in [0.1, 0.15) is 0 Å². The first-order chi connectivity index (χ1) is 9.15. The minimum absolute atomic E-state index is 0.111. The van der Waals surface area contributed by atoms with Crippen molar-refractivity contribution < 1.29 is 9.13 Å². The van der Waals surface area contributed by atoms with Gasteiger partial charge in [-0.15, -0.1) is 11.3 Å². The predicted molar refractivity (Wildman–Crippen MR) is 75.3 cm³/mol. The van der Waals surface area contributed by atoms with E-state index < -0.39 is 0 Å². The van der Waals surface area contributed by atoms with E-state index in [4.69, 9.17) is 4.74 Å². The van der Waals surface area contributed by atoms with Crippen molar-refractivity contribution in [3.63, 3.8) is 0 Å². The topological polar surface area (TPSA) is 34.2 Å². The predicted octanol–water partition coefficient (Wildman–Crippen LogP) is 3.10. The third kappa shape index (κ3) is 3.11. The highest BCUT2D eigenvalue weighted by Crippen LogP contribution is 2.27. The number of hydrogen-bond donors (Lipinski definition) is 1. The molecule has 1 aromatic carbocycles. The Morgan fingerprint density at radius 1 is 1.47 bits per heavy atom. The number of benzene rings is 1. The number of aromatic nitrogens is 1. The first kappa shape index (κ1) is 14.0. The second-order valence-corrected chi connectivity index (χ2v) is 5.23. The first-order valence-corrected chi connectivity index (χ1v) is 6.94. The third-order valence-corrected chi connectivity index (χ3v) is 3.97. The quantitative estimate of drug-likeness (QED) is 0.914. The van der Waals surface area contributed by atoms with Gasteiger partial charge in [-0.3, -0.25) is 0 Å². The van der Waals surface area contributed by atoms with Crippen LogP contribution in [0.4, 0.5) is 4.39 Å². The summed E-state index contributed by atoms with van der Waals surface area (Å²) in [6.45, 7) is 1.96. The monoisotopic (exact) mass is 280 g/mol. The van der Waals surface area contributed by atoms with Crippen molar-refractivity contribution in [2.75, 3.05) is 14.2 Å². The molecule has 0 amide bonds. The number of likely N-dealkylation sites (N-methyl/N-ethyl adjacent to an activating group) is 1. The molecular formula is C14H17FN2OS. The van der Waals surface area contributed by atoms with Gasteiger partial charge in [0, 0.05) is 29.1 Å². The molecule has 2 rings (SSSR count). The molecular weight excluding hydrogens is 263 g/mol. The molecule has 102 valence electrons. The largest absolute Gasteiger partial charge is 0.494 e. The van der Waals surface area contributed by atoms with Gasteiger partial charge in [-0.25, -0.2) is 9.37 Å². The molecule has 1 unspecified atom stereocenters. The lowest BCUT2D eigenvalue weighted by Crippen LogP contribution is -2.20. The van der Waals surface area contributed by atoms with Crippen LogP contribution in [0.1, 0.15) is 22.3 Å². The zero-order valence-corrected chi connectivity index (χ0v) is 12.1. The maximum Gasteiger partial charge on any atom is 0.169 e. The average Bonchev–Trinajstić information content (AvgIpc) is 2.82. The highest BCUT2D eigenvalue weighted by Gasteiger charge is 2.18. The number of hydrogen-bond acceptors (Lipinski definition) is 4. The molecule has 0 aliphatic carbocycles. The highest BCUT2D eigenvalue weighted by molar-refractivity contribution is 7.09. The van der Waals surface area contributed by atoms with E-state index >= 15 is 0 Å². The molecule has 0 spiro atoms. The Bertz CT molecular complexity index is 556. The second-order valence-electron chi connectivity index (χ2n) is 4.29. The van der Waals surface area contributed by atoms with Crippen LogP contribution < -0.4 is 10.1 Å². The molecule has 2 aromatic rings. The molecule has 1 N–H and O–H groups in total. The van der Waals surface area contributed by atoms with E-state index in [2.05, 4.69) is 10.3 Å². The number of thiazole rings is 1. The van der Waals surface area contributed by atoms with Crippen LogP contribution in [-0.4, -0.2) is 19.1 Å². The maximum atomic E-state index is 14.2. The molecule has 0 aliphatic heterocycles. The molecule has 5 heteroatoms. The average molecular weight is 280 g/mol. The van der Waals surface area contributed by atoms with E-state index in [0.717, 1.165) is 10.7 Å². The Hall–Kier alpha value is -1.46. The van der Waals surface area contributed by atoms with E-state index in [9.17, 15) is 4.39 Å². The van der Waals surface area contributed by atoms with Crippen LogP contribution in [0.2, 0.25) is 0 Å². The van der Waals surface area contributed by atoms with Gasteiger partial charge in [-0.1, -0.05) is 12.1 Å². The smallest absolute Gasteiger partial charge is 0.169 e. The van der Waals surface area contributed by atoms with E-state index in [-0.39, 0.29) is 17.6 Å². The van der Waals surface area contributed by atoms with Crippen molar-refractivity contribution in [2.45, 2.75) is 19.4 Å². The Labute approximate surface area is 116 Å². The standard InChI is InChI=1S/C14H17FN2OS/c1-9-8-19-13(17-9)7-11(16-2)10-5-4-6-12(18-3)14(10)15/h4-6,8,11,16H,7H2,1-3H3. The minimum atomic E-state index is -0.308. The van der Waals surface area contributed by atoms with Crippen molar-refractivity contribution in [3.05, 3.63) is 45.7 Å². The maximum absolute atomic E-state index is 14.2. The number of nitrogens with zero attached hydrogens (tertiary/aromatic N) is 1. The third-order valence-electron chi connectivity index (χ3n) is 2.98. The summed E-state index contributed by atoms with van der Waals surface area (Å²) in [5.74, 6) is -0.0364. The number of methoxy groups -OCH3 is 1. The first-order valence-electron chi connectivity index (χ1n) is 6.06. The fraction of sp³-hybridized carbons (Fsp3) is 0.357. The second kappa shape index (κ2) is 6.12. The van der Waals surface area contributed by atoms with Crippen LogP contribution in [0.5, 0.6) is 5.75 Å². The molecule has 0 radical (unpaired) electrons. The van der Waals surface area contributed by atoms with E-state index in [1.807, 2.05) is 19.4 Å². The lowest BCUT2D eigenvalue weighted by atomic mass is 10.0. The van der Waals surface area contributed by atoms with Gasteiger partial charge in [-0.2, -0.15) is 0 Å². The van der Waals surface area contributed by atoms with Crippen molar-refractivity contribution in [1.29, 1.82) is 0 Å². The lowest BCUT2D eigenvalue weighted by molar-refractivity contribution is 0.380. The molecule has 1 heterocycles. The summed E-state index contributed by atoms with van der Waals surface area (Å²) in [6, 6.07) is 5.09. The summed E-state index contributed by atoms with van der Waals surface area (Å²) >= 11 is 1.60. The molecule has 0 aliphatic rings. The van der Waals surface area contributed by atoms with Gasteiger partial charge >= 0.3 is 0 Å². The number of ether oxygens (including phenoxy) is 1. The lowest BCUT2D eigenvalue weighted by Gasteiger charge is -2.17. The zero-order chi connectivity index (χ0) is 13.8. The summed E-state index contributed by atoms with van der Waals surface area (Å²) in [5, 5.41) is 6.14. The summed E-state index contributed by atoms with van der Waals surface area (Å²) in [5.41, 5.74) is 1.61. The number of halogens is 1. The summed E-state index contributed by atoms with van der Waals surface area (Å²) in [4.78, 5) is 4.42. The van der Waals surface area contributed by atoms with Gasteiger partial charge in [0.2, 0.25) is 0 Å². The molecule has 0 bridgehead atoms. The van der Waals surface area contributed by atoms with E-state index in [0.29, 0.717) is 12.0 Å². The SMILES string of the molecule is CNC(Cc1nc(C)cs1)c1cccc(OC)c1F. The van der Waals surface area contributed by atoms with Gasteiger partial charge in [0.05, 0.1) is 12.1 Å². The van der Waals surface area contributed by atoms with Gasteiger partial charge < -0.3 is 10.1 Å². The van der Waals surface area contributed by atoms with Crippen LogP contribution in [0.25, 0.3) is 0 Å². The number of rotatable bonds is 5. The zero-order valence-electron chi connectivity index (χ0n) is 11.2. The Morgan fingerprint density at radius 2 is 2.26 bits per heavy atom. The van der Waals surface area contributed by atoms with Crippen LogP contribution in [0, 0.1) is 12.7 Å². The molecule has 1 atom stereocenters. The van der Waals surface area contributed by atoms with Crippen LogP contribution in [0.3, 0.4) is 0 Å². The van der Waals surface area contributed by atoms with E-state index in [1.165, 1.54) is 7.11 Å². The van der Waals surface area contributed by atoms with Crippen molar-refractivity contribution in [2.24, 2.45) is 0 Å². The summed E-state index contributed by atoms with van der Waals surface area (Å²) < 4.78 is 19.3. The fourth-order valence-corrected chi connectivity index (χ4v) is 2.81. The van der Waals surface area contributed by atoms with Crippen LogP contribution in [0.15, 0.2) is 23.6 Å². The number of aryl methyl sites for hydroxylation is 1. The Kier molecular flexibility index (Phi) is 4.50. The normalized spacial score (nSPS) is 12.4. The van der Waals surface area contributed by atoms with Gasteiger partial charge in [0.25, 0.3) is 0 Å². The highest BCUT2D eigenvalue weighted by atomic mass is 32.1. The molecule has 3 nitrogen and oxygen atoms in total. The van der Waals surface area contributed by atoms with Crippen molar-refractivity contribution in [1.82, 2.24) is 10.3 Å². The molecule has 0 fully saturated rings. The summed E-state index contributed by atoms with van der Waals surface area (Å²) in [6.07, 6.45) is 0.666. The minimum Gasteiger partial charge on any atom is -0.494 e. The molecule has 0 saturated heterocycles. The van der Waals surface area contributed by atoms with Crippen molar-refractivity contribution in [3.8, 4) is 5.75 Å². The fourth-order valence-electron chi connectivity index (χ4n) is 1.99. The van der Waals surface area contributed by atoms with Gasteiger partial charge in [-0.05, 0) is 20.0 Å². The summed E-state index contributed by atoms with van der Waals surface area (Å²) in [7, 11) is 3.30. The Balaban J connectivity index is 2.26. The van der Waals surface area contributed by atoms with Gasteiger partial charge in [0.15, 0.2) is 11.6 Å². The van der Waals surface area contributed by atoms with E-state index in [1.54, 1.807) is 29.5 Å². The molecule has 0 saturated carbocycles. The van der Waals surface area contributed by atoms with Crippen LogP contribution in [-0.2, 0) is 6.42 Å². The Morgan fingerprint density at radius 3 is 2.84 bits per heavy atom. The van der Waals surface area contributed by atoms with Crippen LogP contribution >= 0.6 is 11.3 Å². The molecule has 19 heavy (non-hydrogen) atoms. The van der Waals surface area contributed by atoms with Crippen molar-refractivity contribution >= 4 is 11.3 Å².